The number of hydrogen-bond donors (Lipinski definition) is 0. The fraction of sp³-hybridized carbons (Fsp3) is 0.143. The zero-order chi connectivity index (χ0) is 13.2. The van der Waals surface area contributed by atoms with E-state index in [1.165, 1.54) is 0 Å². The summed E-state index contributed by atoms with van der Waals surface area (Å²) in [6.07, 6.45) is 0. The standard InChI is InChI=1S/C14H11Cl3O/c1-18-13-8-4-11(5-9-13)14(16,17)10-2-6-12(15)7-3-10/h2-9H,1H3. The summed E-state index contributed by atoms with van der Waals surface area (Å²) in [5, 5.41) is 0.651. The summed E-state index contributed by atoms with van der Waals surface area (Å²) >= 11 is 18.7. The van der Waals surface area contributed by atoms with E-state index in [2.05, 4.69) is 0 Å². The molecular weight excluding hydrogens is 291 g/mol. The lowest BCUT2D eigenvalue weighted by atomic mass is 10.0. The van der Waals surface area contributed by atoms with E-state index in [9.17, 15) is 0 Å². The molecule has 0 N–H and O–H groups in total. The molecule has 1 nitrogen and oxygen atoms in total. The van der Waals surface area contributed by atoms with Gasteiger partial charge >= 0.3 is 0 Å². The largest absolute Gasteiger partial charge is 0.497 e. The van der Waals surface area contributed by atoms with Crippen molar-refractivity contribution in [2.75, 3.05) is 7.11 Å². The molecule has 0 saturated carbocycles. The summed E-state index contributed by atoms with van der Waals surface area (Å²) in [4.78, 5) is 0. The molecule has 0 radical (unpaired) electrons. The van der Waals surface area contributed by atoms with Gasteiger partial charge in [-0.25, -0.2) is 0 Å². The highest BCUT2D eigenvalue weighted by Gasteiger charge is 2.28. The van der Waals surface area contributed by atoms with E-state index < -0.39 is 4.33 Å². The van der Waals surface area contributed by atoms with Crippen molar-refractivity contribution in [3.8, 4) is 5.75 Å². The van der Waals surface area contributed by atoms with Gasteiger partial charge in [0.15, 0.2) is 4.33 Å². The Hall–Kier alpha value is -0.890. The Morgan fingerprint density at radius 2 is 1.28 bits per heavy atom. The molecule has 0 amide bonds. The van der Waals surface area contributed by atoms with Gasteiger partial charge in [-0.05, 0) is 35.4 Å². The van der Waals surface area contributed by atoms with Crippen molar-refractivity contribution < 1.29 is 4.74 Å². The van der Waals surface area contributed by atoms with Crippen molar-refractivity contribution in [1.82, 2.24) is 0 Å². The third-order valence-corrected chi connectivity index (χ3v) is 3.78. The van der Waals surface area contributed by atoms with Gasteiger partial charge in [-0.3, -0.25) is 0 Å². The summed E-state index contributed by atoms with van der Waals surface area (Å²) in [5.41, 5.74) is 1.56. The summed E-state index contributed by atoms with van der Waals surface area (Å²) in [7, 11) is 1.61. The van der Waals surface area contributed by atoms with Gasteiger partial charge in [0.1, 0.15) is 5.75 Å². The fourth-order valence-corrected chi connectivity index (χ4v) is 2.26. The maximum atomic E-state index is 6.42. The third-order valence-electron chi connectivity index (χ3n) is 2.66. The van der Waals surface area contributed by atoms with Crippen LogP contribution < -0.4 is 4.74 Å². The molecule has 0 saturated heterocycles. The van der Waals surface area contributed by atoms with Crippen molar-refractivity contribution in [1.29, 1.82) is 0 Å². The molecule has 0 fully saturated rings. The number of rotatable bonds is 3. The van der Waals surface area contributed by atoms with Crippen LogP contribution in [-0.4, -0.2) is 7.11 Å². The van der Waals surface area contributed by atoms with Gasteiger partial charge in [-0.2, -0.15) is 0 Å². The second-order valence-corrected chi connectivity index (χ2v) is 5.57. The van der Waals surface area contributed by atoms with Crippen molar-refractivity contribution in [3.05, 3.63) is 64.7 Å². The number of hydrogen-bond acceptors (Lipinski definition) is 1. The Bertz CT molecular complexity index is 518. The Balaban J connectivity index is 2.37. The van der Waals surface area contributed by atoms with Crippen LogP contribution in [0.25, 0.3) is 0 Å². The van der Waals surface area contributed by atoms with Crippen LogP contribution >= 0.6 is 34.8 Å². The number of methoxy groups -OCH3 is 1. The highest BCUT2D eigenvalue weighted by Crippen LogP contribution is 2.41. The first kappa shape index (κ1) is 13.5. The molecule has 0 aliphatic carbocycles. The maximum Gasteiger partial charge on any atom is 0.168 e. The summed E-state index contributed by atoms with van der Waals surface area (Å²) in [5.74, 6) is 0.763. The van der Waals surface area contributed by atoms with Crippen molar-refractivity contribution in [2.24, 2.45) is 0 Å². The van der Waals surface area contributed by atoms with Crippen LogP contribution in [0.15, 0.2) is 48.5 Å². The second-order valence-electron chi connectivity index (χ2n) is 3.81. The normalized spacial score (nSPS) is 11.3. The molecular formula is C14H11Cl3O. The third kappa shape index (κ3) is 2.74. The lowest BCUT2D eigenvalue weighted by molar-refractivity contribution is 0.414. The predicted molar refractivity (Wildman–Crippen MR) is 76.9 cm³/mol. The molecule has 18 heavy (non-hydrogen) atoms. The molecule has 0 aliphatic heterocycles. The molecule has 0 unspecified atom stereocenters. The zero-order valence-corrected chi connectivity index (χ0v) is 11.9. The number of ether oxygens (including phenoxy) is 1. The van der Waals surface area contributed by atoms with Gasteiger partial charge in [-0.1, -0.05) is 59.1 Å². The quantitative estimate of drug-likeness (QED) is 0.723. The fourth-order valence-electron chi connectivity index (χ4n) is 1.63. The molecule has 0 spiro atoms. The lowest BCUT2D eigenvalue weighted by Gasteiger charge is -2.21. The first-order valence-corrected chi connectivity index (χ1v) is 6.46. The molecule has 2 aromatic carbocycles. The Labute approximate surface area is 121 Å². The summed E-state index contributed by atoms with van der Waals surface area (Å²) in [6, 6.07) is 14.5. The lowest BCUT2D eigenvalue weighted by Crippen LogP contribution is -2.11. The molecule has 0 bridgehead atoms. The number of benzene rings is 2. The minimum absolute atomic E-state index is 0.651. The van der Waals surface area contributed by atoms with Crippen LogP contribution in [-0.2, 0) is 4.33 Å². The van der Waals surface area contributed by atoms with Crippen LogP contribution in [0.5, 0.6) is 5.75 Å². The smallest absolute Gasteiger partial charge is 0.168 e. The maximum absolute atomic E-state index is 6.42. The Morgan fingerprint density at radius 1 is 0.833 bits per heavy atom. The highest BCUT2D eigenvalue weighted by molar-refractivity contribution is 6.50. The second kappa shape index (κ2) is 5.40. The molecule has 0 atom stereocenters. The number of alkyl halides is 2. The first-order chi connectivity index (χ1) is 8.54. The zero-order valence-electron chi connectivity index (χ0n) is 9.66. The summed E-state index contributed by atoms with van der Waals surface area (Å²) in [6.45, 7) is 0. The van der Waals surface area contributed by atoms with Crippen LogP contribution in [0, 0.1) is 0 Å². The molecule has 0 aliphatic rings. The van der Waals surface area contributed by atoms with Crippen LogP contribution in [0.1, 0.15) is 11.1 Å². The van der Waals surface area contributed by atoms with Crippen LogP contribution in [0.3, 0.4) is 0 Å². The Morgan fingerprint density at radius 3 is 1.72 bits per heavy atom. The Kier molecular flexibility index (Phi) is 4.06. The molecule has 94 valence electrons. The van der Waals surface area contributed by atoms with E-state index in [-0.39, 0.29) is 0 Å². The van der Waals surface area contributed by atoms with Crippen molar-refractivity contribution in [2.45, 2.75) is 4.33 Å². The molecule has 2 aromatic rings. The molecule has 2 rings (SSSR count). The van der Waals surface area contributed by atoms with Crippen LogP contribution in [0.4, 0.5) is 0 Å². The minimum atomic E-state index is -1.10. The van der Waals surface area contributed by atoms with Gasteiger partial charge in [0.05, 0.1) is 7.11 Å². The highest BCUT2D eigenvalue weighted by atomic mass is 35.5. The van der Waals surface area contributed by atoms with Crippen molar-refractivity contribution in [3.63, 3.8) is 0 Å². The molecule has 0 heterocycles. The van der Waals surface area contributed by atoms with E-state index in [1.54, 1.807) is 19.2 Å². The average molecular weight is 302 g/mol. The molecule has 4 heteroatoms. The minimum Gasteiger partial charge on any atom is -0.497 e. The monoisotopic (exact) mass is 300 g/mol. The predicted octanol–water partition coefficient (Wildman–Crippen LogP) is 5.03. The van der Waals surface area contributed by atoms with Gasteiger partial charge in [0.25, 0.3) is 0 Å². The number of halogens is 3. The van der Waals surface area contributed by atoms with Gasteiger partial charge in [0.2, 0.25) is 0 Å². The summed E-state index contributed by atoms with van der Waals surface area (Å²) < 4.78 is 4.00. The van der Waals surface area contributed by atoms with E-state index in [1.807, 2.05) is 36.4 Å². The van der Waals surface area contributed by atoms with Gasteiger partial charge < -0.3 is 4.74 Å². The van der Waals surface area contributed by atoms with E-state index in [0.29, 0.717) is 5.02 Å². The first-order valence-electron chi connectivity index (χ1n) is 5.32. The van der Waals surface area contributed by atoms with E-state index in [0.717, 1.165) is 16.9 Å². The molecule has 0 aromatic heterocycles. The van der Waals surface area contributed by atoms with E-state index in [4.69, 9.17) is 39.5 Å². The van der Waals surface area contributed by atoms with Gasteiger partial charge in [-0.15, -0.1) is 0 Å². The van der Waals surface area contributed by atoms with Crippen molar-refractivity contribution >= 4 is 34.8 Å². The topological polar surface area (TPSA) is 9.23 Å². The van der Waals surface area contributed by atoms with E-state index >= 15 is 0 Å². The average Bonchev–Trinajstić information content (AvgIpc) is 2.39. The SMILES string of the molecule is COc1ccc(C(Cl)(Cl)c2ccc(Cl)cc2)cc1. The van der Waals surface area contributed by atoms with Gasteiger partial charge in [0, 0.05) is 5.02 Å². The van der Waals surface area contributed by atoms with Crippen LogP contribution in [0.2, 0.25) is 5.02 Å².